The van der Waals surface area contributed by atoms with Crippen LogP contribution in [0, 0.1) is 0 Å². The first-order chi connectivity index (χ1) is 16.8. The van der Waals surface area contributed by atoms with Gasteiger partial charge in [-0.15, -0.1) is 0 Å². The van der Waals surface area contributed by atoms with Gasteiger partial charge in [0.25, 0.3) is 0 Å². The highest BCUT2D eigenvalue weighted by Crippen LogP contribution is 2.37. The molecule has 3 heteroatoms. The van der Waals surface area contributed by atoms with Crippen LogP contribution in [0.2, 0.25) is 0 Å². The van der Waals surface area contributed by atoms with E-state index in [0.717, 1.165) is 11.0 Å². The highest BCUT2D eigenvalue weighted by Gasteiger charge is 2.51. The summed E-state index contributed by atoms with van der Waals surface area (Å²) in [4.78, 5) is 0. The second kappa shape index (κ2) is 10.2. The Morgan fingerprint density at radius 1 is 0.457 bits per heavy atom. The minimum absolute atomic E-state index is 0.348. The standard InChI is InChI=1S/C30H29BO2.C2H6/c1-29(2)30(3,4)33-31(32-29)28-15-9-14-27(21-28)26-13-8-12-25(20-26)24-18-16-23(17-19-24)22-10-6-5-7-11-22;1-2/h5-21H,1-4H3;1-2H3. The molecule has 4 aromatic carbocycles. The van der Waals surface area contributed by atoms with Gasteiger partial charge in [0.1, 0.15) is 0 Å². The molecule has 5 rings (SSSR count). The summed E-state index contributed by atoms with van der Waals surface area (Å²) in [5, 5.41) is 0. The average molecular weight is 462 g/mol. The number of rotatable bonds is 4. The molecule has 4 aromatic rings. The molecule has 0 amide bonds. The molecule has 0 spiro atoms. The van der Waals surface area contributed by atoms with Crippen LogP contribution >= 0.6 is 0 Å². The zero-order valence-electron chi connectivity index (χ0n) is 21.7. The minimum Gasteiger partial charge on any atom is -0.399 e. The second-order valence-corrected chi connectivity index (χ2v) is 9.74. The maximum atomic E-state index is 6.26. The SMILES string of the molecule is CC.CC1(C)OB(c2cccc(-c3cccc(-c4ccc(-c5ccccc5)cc4)c3)c2)OC1(C)C. The Morgan fingerprint density at radius 3 is 1.43 bits per heavy atom. The topological polar surface area (TPSA) is 18.5 Å². The molecule has 1 fully saturated rings. The summed E-state index contributed by atoms with van der Waals surface area (Å²) < 4.78 is 12.5. The molecule has 1 aliphatic rings. The fourth-order valence-electron chi connectivity index (χ4n) is 4.21. The number of benzene rings is 4. The fraction of sp³-hybridized carbons (Fsp3) is 0.250. The Balaban J connectivity index is 0.00000141. The first-order valence-electron chi connectivity index (χ1n) is 12.5. The lowest BCUT2D eigenvalue weighted by Crippen LogP contribution is -2.41. The van der Waals surface area contributed by atoms with Crippen molar-refractivity contribution in [3.8, 4) is 33.4 Å². The van der Waals surface area contributed by atoms with Gasteiger partial charge in [-0.2, -0.15) is 0 Å². The van der Waals surface area contributed by atoms with E-state index in [1.54, 1.807) is 0 Å². The van der Waals surface area contributed by atoms with Crippen molar-refractivity contribution in [2.75, 3.05) is 0 Å². The van der Waals surface area contributed by atoms with Crippen molar-refractivity contribution < 1.29 is 9.31 Å². The van der Waals surface area contributed by atoms with Crippen LogP contribution in [0.5, 0.6) is 0 Å². The van der Waals surface area contributed by atoms with E-state index in [2.05, 4.69) is 125 Å². The molecule has 0 radical (unpaired) electrons. The lowest BCUT2D eigenvalue weighted by molar-refractivity contribution is 0.00578. The molecule has 1 saturated heterocycles. The quantitative estimate of drug-likeness (QED) is 0.286. The molecule has 0 aromatic heterocycles. The van der Waals surface area contributed by atoms with Crippen LogP contribution < -0.4 is 5.46 Å². The van der Waals surface area contributed by atoms with Gasteiger partial charge in [-0.25, -0.2) is 0 Å². The molecule has 0 N–H and O–H groups in total. The lowest BCUT2D eigenvalue weighted by atomic mass is 9.78. The predicted molar refractivity (Wildman–Crippen MR) is 150 cm³/mol. The molecule has 35 heavy (non-hydrogen) atoms. The Bertz CT molecular complexity index is 1240. The van der Waals surface area contributed by atoms with E-state index in [-0.39, 0.29) is 18.3 Å². The van der Waals surface area contributed by atoms with Crippen molar-refractivity contribution in [3.05, 3.63) is 103 Å². The van der Waals surface area contributed by atoms with Crippen LogP contribution in [-0.2, 0) is 9.31 Å². The minimum atomic E-state index is -0.358. The van der Waals surface area contributed by atoms with Crippen molar-refractivity contribution >= 4 is 12.6 Å². The van der Waals surface area contributed by atoms with Crippen molar-refractivity contribution in [3.63, 3.8) is 0 Å². The normalized spacial score (nSPS) is 15.9. The zero-order valence-corrected chi connectivity index (χ0v) is 21.7. The van der Waals surface area contributed by atoms with Gasteiger partial charge in [-0.05, 0) is 72.6 Å². The molecule has 2 nitrogen and oxygen atoms in total. The third kappa shape index (κ3) is 5.27. The Kier molecular flexibility index (Phi) is 7.30. The maximum absolute atomic E-state index is 6.26. The van der Waals surface area contributed by atoms with Crippen LogP contribution in [0.25, 0.3) is 33.4 Å². The van der Waals surface area contributed by atoms with Crippen molar-refractivity contribution in [1.29, 1.82) is 0 Å². The second-order valence-electron chi connectivity index (χ2n) is 9.74. The first kappa shape index (κ1) is 25.0. The summed E-state index contributed by atoms with van der Waals surface area (Å²) in [5.41, 5.74) is 7.56. The average Bonchev–Trinajstić information content (AvgIpc) is 3.12. The van der Waals surface area contributed by atoms with Gasteiger partial charge < -0.3 is 9.31 Å². The van der Waals surface area contributed by atoms with Crippen LogP contribution in [0.4, 0.5) is 0 Å². The highest BCUT2D eigenvalue weighted by molar-refractivity contribution is 6.62. The molecule has 1 heterocycles. The lowest BCUT2D eigenvalue weighted by Gasteiger charge is -2.32. The molecule has 178 valence electrons. The molecule has 0 bridgehead atoms. The monoisotopic (exact) mass is 462 g/mol. The van der Waals surface area contributed by atoms with E-state index in [9.17, 15) is 0 Å². The molecular weight excluding hydrogens is 427 g/mol. The van der Waals surface area contributed by atoms with E-state index < -0.39 is 0 Å². The molecule has 0 aliphatic carbocycles. The molecule has 0 saturated carbocycles. The van der Waals surface area contributed by atoms with Crippen molar-refractivity contribution in [2.24, 2.45) is 0 Å². The van der Waals surface area contributed by atoms with E-state index in [1.165, 1.54) is 27.8 Å². The molecule has 0 atom stereocenters. The summed E-state index contributed by atoms with van der Waals surface area (Å²) in [6, 6.07) is 36.4. The van der Waals surface area contributed by atoms with Gasteiger partial charge in [-0.1, -0.05) is 111 Å². The van der Waals surface area contributed by atoms with Gasteiger partial charge in [0, 0.05) is 0 Å². The van der Waals surface area contributed by atoms with Gasteiger partial charge in [0.15, 0.2) is 0 Å². The smallest absolute Gasteiger partial charge is 0.399 e. The summed E-state index contributed by atoms with van der Waals surface area (Å²) in [6.45, 7) is 12.3. The molecule has 0 unspecified atom stereocenters. The third-order valence-corrected chi connectivity index (χ3v) is 6.93. The maximum Gasteiger partial charge on any atom is 0.494 e. The van der Waals surface area contributed by atoms with E-state index >= 15 is 0 Å². The van der Waals surface area contributed by atoms with Crippen LogP contribution in [0.1, 0.15) is 41.5 Å². The van der Waals surface area contributed by atoms with Gasteiger partial charge in [-0.3, -0.25) is 0 Å². The predicted octanol–water partition coefficient (Wildman–Crippen LogP) is 8.01. The number of hydrogen-bond donors (Lipinski definition) is 0. The highest BCUT2D eigenvalue weighted by atomic mass is 16.7. The summed E-state index contributed by atoms with van der Waals surface area (Å²) >= 11 is 0. The number of hydrogen-bond acceptors (Lipinski definition) is 2. The summed E-state index contributed by atoms with van der Waals surface area (Å²) in [6.07, 6.45) is 0. The van der Waals surface area contributed by atoms with Crippen LogP contribution in [-0.4, -0.2) is 18.3 Å². The summed E-state index contributed by atoms with van der Waals surface area (Å²) in [5.74, 6) is 0. The summed E-state index contributed by atoms with van der Waals surface area (Å²) in [7, 11) is -0.358. The van der Waals surface area contributed by atoms with Gasteiger partial charge in [0.05, 0.1) is 11.2 Å². The Hall–Kier alpha value is -3.14. The van der Waals surface area contributed by atoms with Gasteiger partial charge in [0.2, 0.25) is 0 Å². The first-order valence-corrected chi connectivity index (χ1v) is 12.5. The Morgan fingerprint density at radius 2 is 0.857 bits per heavy atom. The Labute approximate surface area is 211 Å². The van der Waals surface area contributed by atoms with Gasteiger partial charge >= 0.3 is 7.12 Å². The third-order valence-electron chi connectivity index (χ3n) is 6.93. The van der Waals surface area contributed by atoms with E-state index in [4.69, 9.17) is 9.31 Å². The fourth-order valence-corrected chi connectivity index (χ4v) is 4.21. The van der Waals surface area contributed by atoms with E-state index in [0.29, 0.717) is 0 Å². The van der Waals surface area contributed by atoms with Crippen LogP contribution in [0.3, 0.4) is 0 Å². The van der Waals surface area contributed by atoms with Crippen molar-refractivity contribution in [1.82, 2.24) is 0 Å². The zero-order chi connectivity index (χ0) is 25.1. The largest absolute Gasteiger partial charge is 0.494 e. The molecular formula is C32H35BO2. The molecule has 1 aliphatic heterocycles. The van der Waals surface area contributed by atoms with Crippen molar-refractivity contribution in [2.45, 2.75) is 52.7 Å². The van der Waals surface area contributed by atoms with E-state index in [1.807, 2.05) is 19.9 Å². The van der Waals surface area contributed by atoms with Crippen LogP contribution in [0.15, 0.2) is 103 Å².